The van der Waals surface area contributed by atoms with Crippen LogP contribution in [-0.4, -0.2) is 12.1 Å². The minimum absolute atomic E-state index is 0.208. The van der Waals surface area contributed by atoms with Crippen LogP contribution < -0.4 is 5.43 Å². The third kappa shape index (κ3) is 4.97. The van der Waals surface area contributed by atoms with Gasteiger partial charge in [-0.15, -0.1) is 0 Å². The third-order valence-electron chi connectivity index (χ3n) is 3.49. The standard InChI is InChI=1S/C19H13BrCl2N2O2/c20-14-4-1-12(2-5-14)9-19(25)24-23-11-15-6-8-18(26-15)13-3-7-16(21)17(22)10-13/h1-8,10-11H,9H2,(H,24,25)/b23-11-. The summed E-state index contributed by atoms with van der Waals surface area (Å²) < 4.78 is 6.64. The molecule has 0 unspecified atom stereocenters. The second-order valence-corrected chi connectivity index (χ2v) is 7.16. The number of carbonyl (C=O) groups is 1. The van der Waals surface area contributed by atoms with Gasteiger partial charge in [-0.1, -0.05) is 51.3 Å². The summed E-state index contributed by atoms with van der Waals surface area (Å²) in [5.41, 5.74) is 4.19. The molecule has 3 aromatic rings. The predicted octanol–water partition coefficient (Wildman–Crippen LogP) is 5.71. The first-order valence-electron chi connectivity index (χ1n) is 7.63. The van der Waals surface area contributed by atoms with Gasteiger partial charge in [-0.05, 0) is 48.0 Å². The predicted molar refractivity (Wildman–Crippen MR) is 108 cm³/mol. The van der Waals surface area contributed by atoms with Gasteiger partial charge in [0, 0.05) is 10.0 Å². The molecule has 0 aliphatic carbocycles. The van der Waals surface area contributed by atoms with E-state index in [0.29, 0.717) is 21.6 Å². The van der Waals surface area contributed by atoms with Crippen molar-refractivity contribution in [3.05, 3.63) is 80.4 Å². The maximum absolute atomic E-state index is 11.9. The number of halogens is 3. The van der Waals surface area contributed by atoms with Gasteiger partial charge in [-0.25, -0.2) is 5.43 Å². The number of nitrogens with one attached hydrogen (secondary N) is 1. The van der Waals surface area contributed by atoms with E-state index in [9.17, 15) is 4.79 Å². The first-order valence-corrected chi connectivity index (χ1v) is 9.18. The molecule has 0 aliphatic rings. The van der Waals surface area contributed by atoms with Crippen LogP contribution in [0.4, 0.5) is 0 Å². The molecule has 0 spiro atoms. The molecule has 0 saturated carbocycles. The number of hydrogen-bond donors (Lipinski definition) is 1. The van der Waals surface area contributed by atoms with Crippen LogP contribution in [0.15, 0.2) is 68.6 Å². The van der Waals surface area contributed by atoms with Gasteiger partial charge in [0.1, 0.15) is 11.5 Å². The largest absolute Gasteiger partial charge is 0.455 e. The fourth-order valence-corrected chi connectivity index (χ4v) is 2.78. The van der Waals surface area contributed by atoms with E-state index < -0.39 is 0 Å². The summed E-state index contributed by atoms with van der Waals surface area (Å²) in [4.78, 5) is 11.9. The Labute approximate surface area is 168 Å². The Bertz CT molecular complexity index is 952. The lowest BCUT2D eigenvalue weighted by Gasteiger charge is -2.00. The Balaban J connectivity index is 1.59. The Kier molecular flexibility index (Phi) is 6.14. The number of benzene rings is 2. The molecular formula is C19H13BrCl2N2O2. The third-order valence-corrected chi connectivity index (χ3v) is 4.76. The highest BCUT2D eigenvalue weighted by molar-refractivity contribution is 9.10. The van der Waals surface area contributed by atoms with Crippen molar-refractivity contribution in [3.8, 4) is 11.3 Å². The molecule has 3 rings (SSSR count). The van der Waals surface area contributed by atoms with Crippen LogP contribution in [-0.2, 0) is 11.2 Å². The normalized spacial score (nSPS) is 11.0. The lowest BCUT2D eigenvalue weighted by molar-refractivity contribution is -0.120. The number of rotatable bonds is 5. The molecule has 4 nitrogen and oxygen atoms in total. The highest BCUT2D eigenvalue weighted by atomic mass is 79.9. The van der Waals surface area contributed by atoms with Gasteiger partial charge in [0.2, 0.25) is 5.91 Å². The summed E-state index contributed by atoms with van der Waals surface area (Å²) in [6.45, 7) is 0. The molecule has 2 aromatic carbocycles. The van der Waals surface area contributed by atoms with Gasteiger partial charge in [-0.3, -0.25) is 4.79 Å². The van der Waals surface area contributed by atoms with Gasteiger partial charge >= 0.3 is 0 Å². The molecule has 0 saturated heterocycles. The summed E-state index contributed by atoms with van der Waals surface area (Å²) in [6.07, 6.45) is 1.69. The zero-order valence-corrected chi connectivity index (χ0v) is 16.5. The molecule has 1 heterocycles. The monoisotopic (exact) mass is 450 g/mol. The molecule has 1 N–H and O–H groups in total. The van der Waals surface area contributed by atoms with Gasteiger partial charge in [0.05, 0.1) is 22.7 Å². The van der Waals surface area contributed by atoms with E-state index in [1.807, 2.05) is 30.3 Å². The quantitative estimate of drug-likeness (QED) is 0.399. The zero-order chi connectivity index (χ0) is 18.5. The molecule has 1 amide bonds. The average molecular weight is 452 g/mol. The van der Waals surface area contributed by atoms with E-state index in [1.165, 1.54) is 6.21 Å². The Morgan fingerprint density at radius 1 is 1.08 bits per heavy atom. The van der Waals surface area contributed by atoms with Gasteiger partial charge in [-0.2, -0.15) is 5.10 Å². The molecule has 0 bridgehead atoms. The van der Waals surface area contributed by atoms with E-state index in [-0.39, 0.29) is 12.3 Å². The van der Waals surface area contributed by atoms with E-state index in [4.69, 9.17) is 27.6 Å². The van der Waals surface area contributed by atoms with Gasteiger partial charge in [0.25, 0.3) is 0 Å². The van der Waals surface area contributed by atoms with Crippen molar-refractivity contribution in [2.24, 2.45) is 5.10 Å². The molecule has 0 atom stereocenters. The Hall–Kier alpha value is -2.08. The van der Waals surface area contributed by atoms with Crippen molar-refractivity contribution in [3.63, 3.8) is 0 Å². The maximum Gasteiger partial charge on any atom is 0.244 e. The molecule has 132 valence electrons. The summed E-state index contributed by atoms with van der Waals surface area (Å²) >= 11 is 15.3. The summed E-state index contributed by atoms with van der Waals surface area (Å²) in [6, 6.07) is 16.3. The summed E-state index contributed by atoms with van der Waals surface area (Å²) in [5.74, 6) is 0.932. The molecule has 1 aromatic heterocycles. The zero-order valence-electron chi connectivity index (χ0n) is 13.4. The van der Waals surface area contributed by atoms with Crippen molar-refractivity contribution in [1.29, 1.82) is 0 Å². The number of carbonyl (C=O) groups excluding carboxylic acids is 1. The van der Waals surface area contributed by atoms with E-state index in [0.717, 1.165) is 15.6 Å². The number of nitrogens with zero attached hydrogens (tertiary/aromatic N) is 1. The highest BCUT2D eigenvalue weighted by Gasteiger charge is 2.07. The van der Waals surface area contributed by atoms with Crippen LogP contribution in [0.25, 0.3) is 11.3 Å². The number of hydrogen-bond acceptors (Lipinski definition) is 3. The fourth-order valence-electron chi connectivity index (χ4n) is 2.22. The molecule has 0 radical (unpaired) electrons. The highest BCUT2D eigenvalue weighted by Crippen LogP contribution is 2.29. The second kappa shape index (κ2) is 8.54. The van der Waals surface area contributed by atoms with Crippen molar-refractivity contribution in [1.82, 2.24) is 5.43 Å². The number of furan rings is 1. The van der Waals surface area contributed by atoms with Crippen molar-refractivity contribution in [2.75, 3.05) is 0 Å². The molecule has 26 heavy (non-hydrogen) atoms. The Morgan fingerprint density at radius 3 is 2.58 bits per heavy atom. The second-order valence-electron chi connectivity index (χ2n) is 5.43. The SMILES string of the molecule is O=C(Cc1ccc(Br)cc1)N/N=C\c1ccc(-c2ccc(Cl)c(Cl)c2)o1. The lowest BCUT2D eigenvalue weighted by atomic mass is 10.1. The molecule has 0 aliphatic heterocycles. The van der Waals surface area contributed by atoms with Crippen LogP contribution in [0.2, 0.25) is 10.0 Å². The molecule has 7 heteroatoms. The first-order chi connectivity index (χ1) is 12.5. The first kappa shape index (κ1) is 18.7. The summed E-state index contributed by atoms with van der Waals surface area (Å²) in [5, 5.41) is 4.86. The Morgan fingerprint density at radius 2 is 1.85 bits per heavy atom. The molecule has 0 fully saturated rings. The van der Waals surface area contributed by atoms with Crippen LogP contribution in [0.1, 0.15) is 11.3 Å². The van der Waals surface area contributed by atoms with E-state index >= 15 is 0 Å². The number of amides is 1. The van der Waals surface area contributed by atoms with E-state index in [1.54, 1.807) is 24.3 Å². The fraction of sp³-hybridized carbons (Fsp3) is 0.0526. The van der Waals surface area contributed by atoms with Crippen LogP contribution in [0.3, 0.4) is 0 Å². The van der Waals surface area contributed by atoms with Crippen LogP contribution in [0.5, 0.6) is 0 Å². The lowest BCUT2D eigenvalue weighted by Crippen LogP contribution is -2.19. The average Bonchev–Trinajstić information content (AvgIpc) is 3.08. The van der Waals surface area contributed by atoms with E-state index in [2.05, 4.69) is 26.5 Å². The minimum Gasteiger partial charge on any atom is -0.455 e. The number of hydrazone groups is 1. The minimum atomic E-state index is -0.208. The smallest absolute Gasteiger partial charge is 0.244 e. The van der Waals surface area contributed by atoms with Gasteiger partial charge in [0.15, 0.2) is 0 Å². The van der Waals surface area contributed by atoms with Crippen molar-refractivity contribution in [2.45, 2.75) is 6.42 Å². The van der Waals surface area contributed by atoms with Crippen LogP contribution in [0, 0.1) is 0 Å². The summed E-state index contributed by atoms with van der Waals surface area (Å²) in [7, 11) is 0. The maximum atomic E-state index is 11.9. The van der Waals surface area contributed by atoms with Crippen molar-refractivity contribution < 1.29 is 9.21 Å². The topological polar surface area (TPSA) is 54.6 Å². The van der Waals surface area contributed by atoms with Crippen molar-refractivity contribution >= 4 is 51.3 Å². The molecular weight excluding hydrogens is 439 g/mol. The van der Waals surface area contributed by atoms with Crippen LogP contribution >= 0.6 is 39.1 Å². The van der Waals surface area contributed by atoms with Gasteiger partial charge < -0.3 is 4.42 Å².